The molecule has 0 heterocycles. The lowest BCUT2D eigenvalue weighted by Gasteiger charge is -2.27. The summed E-state index contributed by atoms with van der Waals surface area (Å²) in [4.78, 5) is 0. The second kappa shape index (κ2) is 9.93. The van der Waals surface area contributed by atoms with Gasteiger partial charge in [-0.15, -0.1) is 0 Å². The van der Waals surface area contributed by atoms with Gasteiger partial charge in [0.05, 0.1) is 5.39 Å². The molecule has 0 radical (unpaired) electrons. The topological polar surface area (TPSA) is 0 Å². The summed E-state index contributed by atoms with van der Waals surface area (Å²) in [5.41, 5.74) is -0.467. The van der Waals surface area contributed by atoms with Crippen LogP contribution < -0.4 is 0 Å². The number of halogens is 5. The largest absolute Gasteiger partial charge is 0.208 e. The summed E-state index contributed by atoms with van der Waals surface area (Å²) in [6.45, 7) is 4.08. The summed E-state index contributed by atoms with van der Waals surface area (Å²) in [5.74, 6) is -6.07. The standard InChI is InChI=1S/C25H29F5/c1-3-5-6-7-18-14-17-12-13-19(23(28)20(17)25(30)22(18)27)24(29)21(26)16-10-8-15(4-2)9-11-16/h12-16H,3-11H2,1-2H3. The van der Waals surface area contributed by atoms with Crippen LogP contribution >= 0.6 is 0 Å². The van der Waals surface area contributed by atoms with Gasteiger partial charge in [-0.2, -0.15) is 0 Å². The maximum Gasteiger partial charge on any atom is 0.169 e. The lowest BCUT2D eigenvalue weighted by molar-refractivity contribution is 0.268. The number of hydrogen-bond acceptors (Lipinski definition) is 0. The van der Waals surface area contributed by atoms with E-state index in [1.54, 1.807) is 0 Å². The van der Waals surface area contributed by atoms with E-state index in [9.17, 15) is 22.0 Å². The molecule has 1 aliphatic carbocycles. The van der Waals surface area contributed by atoms with E-state index in [0.717, 1.165) is 38.2 Å². The summed E-state index contributed by atoms with van der Waals surface area (Å²) in [6, 6.07) is 3.86. The van der Waals surface area contributed by atoms with Crippen LogP contribution in [0.4, 0.5) is 22.0 Å². The Bertz CT molecular complexity index is 923. The van der Waals surface area contributed by atoms with E-state index in [2.05, 4.69) is 6.92 Å². The minimum Gasteiger partial charge on any atom is -0.208 e. The van der Waals surface area contributed by atoms with Crippen molar-refractivity contribution in [3.05, 3.63) is 52.6 Å². The number of aryl methyl sites for hydroxylation is 1. The quantitative estimate of drug-likeness (QED) is 0.308. The van der Waals surface area contributed by atoms with E-state index in [0.29, 0.717) is 31.6 Å². The Kier molecular flexibility index (Phi) is 7.54. The highest BCUT2D eigenvalue weighted by Crippen LogP contribution is 2.40. The second-order valence-corrected chi connectivity index (χ2v) is 8.43. The van der Waals surface area contributed by atoms with Gasteiger partial charge in [-0.1, -0.05) is 39.2 Å². The third kappa shape index (κ3) is 4.55. The van der Waals surface area contributed by atoms with Crippen molar-refractivity contribution in [2.75, 3.05) is 0 Å². The zero-order chi connectivity index (χ0) is 21.8. The van der Waals surface area contributed by atoms with Crippen LogP contribution in [0.5, 0.6) is 0 Å². The van der Waals surface area contributed by atoms with Gasteiger partial charge in [0, 0.05) is 11.5 Å². The van der Waals surface area contributed by atoms with E-state index in [-0.39, 0.29) is 10.9 Å². The predicted octanol–water partition coefficient (Wildman–Crippen LogP) is 8.81. The molecule has 0 unspecified atom stereocenters. The fraction of sp³-hybridized carbons (Fsp3) is 0.520. The molecule has 0 aromatic heterocycles. The van der Waals surface area contributed by atoms with Gasteiger partial charge in [0.2, 0.25) is 0 Å². The zero-order valence-electron chi connectivity index (χ0n) is 17.6. The lowest BCUT2D eigenvalue weighted by Crippen LogP contribution is -2.15. The molecule has 2 aromatic rings. The van der Waals surface area contributed by atoms with Gasteiger partial charge in [-0.3, -0.25) is 0 Å². The van der Waals surface area contributed by atoms with Crippen molar-refractivity contribution in [1.29, 1.82) is 0 Å². The van der Waals surface area contributed by atoms with Crippen LogP contribution in [0.15, 0.2) is 24.0 Å². The van der Waals surface area contributed by atoms with Gasteiger partial charge in [0.15, 0.2) is 17.5 Å². The van der Waals surface area contributed by atoms with Crippen LogP contribution in [-0.2, 0) is 6.42 Å². The first-order valence-corrected chi connectivity index (χ1v) is 11.0. The molecule has 0 nitrogen and oxygen atoms in total. The number of allylic oxidation sites excluding steroid dienone is 1. The summed E-state index contributed by atoms with van der Waals surface area (Å²) < 4.78 is 73.7. The fourth-order valence-corrected chi connectivity index (χ4v) is 4.49. The SMILES string of the molecule is CCCCCc1cc2ccc(C(F)=C(F)C3CCC(CC)CC3)c(F)c2c(F)c1F. The molecule has 0 atom stereocenters. The predicted molar refractivity (Wildman–Crippen MR) is 112 cm³/mol. The van der Waals surface area contributed by atoms with E-state index in [4.69, 9.17) is 0 Å². The maximum atomic E-state index is 15.0. The lowest BCUT2D eigenvalue weighted by atomic mass is 9.80. The number of fused-ring (bicyclic) bond motifs is 1. The van der Waals surface area contributed by atoms with Crippen LogP contribution in [-0.4, -0.2) is 0 Å². The number of unbranched alkanes of at least 4 members (excludes halogenated alkanes) is 2. The van der Waals surface area contributed by atoms with Crippen molar-refractivity contribution in [2.45, 2.75) is 71.6 Å². The van der Waals surface area contributed by atoms with Crippen LogP contribution in [0.3, 0.4) is 0 Å². The molecule has 5 heteroatoms. The Morgan fingerprint density at radius 2 is 1.60 bits per heavy atom. The van der Waals surface area contributed by atoms with Gasteiger partial charge in [-0.25, -0.2) is 22.0 Å². The van der Waals surface area contributed by atoms with Gasteiger partial charge < -0.3 is 0 Å². The summed E-state index contributed by atoms with van der Waals surface area (Å²) in [7, 11) is 0. The van der Waals surface area contributed by atoms with E-state index in [1.165, 1.54) is 12.1 Å². The summed E-state index contributed by atoms with van der Waals surface area (Å²) in [6.07, 6.45) is 6.50. The van der Waals surface area contributed by atoms with Crippen LogP contribution in [0, 0.1) is 29.3 Å². The average Bonchev–Trinajstić information content (AvgIpc) is 2.76. The third-order valence-corrected chi connectivity index (χ3v) is 6.48. The Hall–Kier alpha value is -1.91. The van der Waals surface area contributed by atoms with Crippen molar-refractivity contribution in [3.8, 4) is 0 Å². The zero-order valence-corrected chi connectivity index (χ0v) is 17.6. The number of hydrogen-bond donors (Lipinski definition) is 0. The monoisotopic (exact) mass is 424 g/mol. The molecule has 0 saturated heterocycles. The molecule has 164 valence electrons. The number of benzene rings is 2. The van der Waals surface area contributed by atoms with Crippen molar-refractivity contribution < 1.29 is 22.0 Å². The van der Waals surface area contributed by atoms with Crippen molar-refractivity contribution >= 4 is 16.6 Å². The van der Waals surface area contributed by atoms with Gasteiger partial charge in [0.1, 0.15) is 11.6 Å². The van der Waals surface area contributed by atoms with Gasteiger partial charge in [0.25, 0.3) is 0 Å². The molecule has 1 aliphatic rings. The molecular formula is C25H29F5. The van der Waals surface area contributed by atoms with Crippen LogP contribution in [0.1, 0.15) is 76.3 Å². The second-order valence-electron chi connectivity index (χ2n) is 8.43. The molecular weight excluding hydrogens is 395 g/mol. The van der Waals surface area contributed by atoms with Gasteiger partial charge in [-0.05, 0) is 67.5 Å². The molecule has 1 saturated carbocycles. The van der Waals surface area contributed by atoms with E-state index < -0.39 is 46.0 Å². The molecule has 3 rings (SSSR count). The molecule has 2 aromatic carbocycles. The summed E-state index contributed by atoms with van der Waals surface area (Å²) >= 11 is 0. The fourth-order valence-electron chi connectivity index (χ4n) is 4.49. The first-order valence-electron chi connectivity index (χ1n) is 11.0. The highest BCUT2D eigenvalue weighted by Gasteiger charge is 2.28. The summed E-state index contributed by atoms with van der Waals surface area (Å²) in [5, 5.41) is -0.472. The highest BCUT2D eigenvalue weighted by atomic mass is 19.2. The molecule has 0 bridgehead atoms. The minimum atomic E-state index is -1.34. The first kappa shape index (κ1) is 22.8. The van der Waals surface area contributed by atoms with E-state index in [1.807, 2.05) is 6.92 Å². The highest BCUT2D eigenvalue weighted by molar-refractivity contribution is 5.88. The number of rotatable bonds is 7. The Labute approximate surface area is 175 Å². The average molecular weight is 424 g/mol. The van der Waals surface area contributed by atoms with E-state index >= 15 is 0 Å². The molecule has 0 amide bonds. The molecule has 0 aliphatic heterocycles. The minimum absolute atomic E-state index is 0.151. The normalized spacial score (nSPS) is 20.5. The van der Waals surface area contributed by atoms with Crippen LogP contribution in [0.2, 0.25) is 0 Å². The maximum absolute atomic E-state index is 15.0. The molecule has 0 N–H and O–H groups in total. The van der Waals surface area contributed by atoms with Crippen molar-refractivity contribution in [1.82, 2.24) is 0 Å². The van der Waals surface area contributed by atoms with Crippen LogP contribution in [0.25, 0.3) is 16.6 Å². The Morgan fingerprint density at radius 1 is 0.900 bits per heavy atom. The smallest absolute Gasteiger partial charge is 0.169 e. The molecule has 30 heavy (non-hydrogen) atoms. The van der Waals surface area contributed by atoms with Crippen molar-refractivity contribution in [3.63, 3.8) is 0 Å². The third-order valence-electron chi connectivity index (χ3n) is 6.48. The molecule has 1 fully saturated rings. The van der Waals surface area contributed by atoms with Gasteiger partial charge >= 0.3 is 0 Å². The Morgan fingerprint density at radius 3 is 2.23 bits per heavy atom. The first-order chi connectivity index (χ1) is 14.4. The van der Waals surface area contributed by atoms with Crippen molar-refractivity contribution in [2.24, 2.45) is 11.8 Å². The Balaban J connectivity index is 1.96. The molecule has 0 spiro atoms.